The Morgan fingerprint density at radius 3 is 0.911 bits per heavy atom. The van der Waals surface area contributed by atoms with Crippen LogP contribution >= 0.6 is 0 Å². The summed E-state index contributed by atoms with van der Waals surface area (Å²) in [5.74, 6) is 10.3. The van der Waals surface area contributed by atoms with Crippen LogP contribution in [0.15, 0.2) is 231 Å². The molecule has 12 aromatic rings. The fraction of sp³-hybridized carbons (Fsp3) is 0.339. The molecule has 12 rings (SSSR count). The molecule has 123 heavy (non-hydrogen) atoms. The summed E-state index contributed by atoms with van der Waals surface area (Å²) in [5.41, 5.74) is 25.7. The molecule has 0 aliphatic carbocycles. The molecule has 654 valence electrons. The first-order chi connectivity index (χ1) is 59.6. The van der Waals surface area contributed by atoms with E-state index in [1.54, 1.807) is 70.1 Å². The fourth-order valence-electron chi connectivity index (χ4n) is 14.2. The van der Waals surface area contributed by atoms with Gasteiger partial charge in [0, 0.05) is 0 Å². The van der Waals surface area contributed by atoms with Crippen LogP contribution in [0, 0.1) is 61.2 Å². The lowest BCUT2D eigenvalue weighted by molar-refractivity contribution is 0.310. The predicted octanol–water partition coefficient (Wildman–Crippen LogP) is 25.1. The first kappa shape index (κ1) is 98.1. The number of benzene rings is 12. The molecule has 0 saturated carbocycles. The zero-order valence-corrected chi connectivity index (χ0v) is 76.9. The number of methoxy groups -OCH3 is 9. The third kappa shape index (κ3) is 32.1. The van der Waals surface area contributed by atoms with Gasteiger partial charge in [-0.05, 0) is 340 Å². The van der Waals surface area contributed by atoms with Crippen LogP contribution in [-0.4, -0.2) is 90.4 Å². The normalized spacial score (nSPS) is 10.4. The molecular weight excluding hydrogens is 1540 g/mol. The number of ether oxygens (including phenoxy) is 13. The summed E-state index contributed by atoms with van der Waals surface area (Å²) in [6.45, 7) is 27.4. The van der Waals surface area contributed by atoms with E-state index in [0.717, 1.165) is 163 Å². The lowest BCUT2D eigenvalue weighted by Crippen LogP contribution is -2.00. The molecule has 0 radical (unpaired) electrons. The number of aryl methyl sites for hydroxylation is 20. The largest absolute Gasteiger partial charge is 0.496 e. The average Bonchev–Trinajstić information content (AvgIpc) is 0.838. The number of hydrogen-bond donors (Lipinski definition) is 0. The molecule has 0 N–H and O–H groups in total. The predicted molar refractivity (Wildman–Crippen MR) is 503 cm³/mol. The molecule has 0 fully saturated rings. The Morgan fingerprint density at radius 1 is 0.195 bits per heavy atom. The first-order valence-corrected chi connectivity index (χ1v) is 42.8. The van der Waals surface area contributed by atoms with Crippen molar-refractivity contribution >= 4 is 0 Å². The number of para-hydroxylation sites is 1. The van der Waals surface area contributed by atoms with Gasteiger partial charge in [-0.15, -0.1) is 0 Å². The highest BCUT2D eigenvalue weighted by atomic mass is 19.1. The van der Waals surface area contributed by atoms with Gasteiger partial charge in [0.1, 0.15) is 11.6 Å². The van der Waals surface area contributed by atoms with Crippen LogP contribution in [0.2, 0.25) is 0 Å². The summed E-state index contributed by atoms with van der Waals surface area (Å²) in [6, 6.07) is 78.3. The first-order valence-electron chi connectivity index (χ1n) is 42.8. The van der Waals surface area contributed by atoms with Crippen LogP contribution in [-0.2, 0) is 77.0 Å². The third-order valence-corrected chi connectivity index (χ3v) is 21.3. The van der Waals surface area contributed by atoms with E-state index in [1.165, 1.54) is 106 Å². The Balaban J connectivity index is 0.000000203. The van der Waals surface area contributed by atoms with Gasteiger partial charge >= 0.3 is 0 Å². The highest BCUT2D eigenvalue weighted by Crippen LogP contribution is 2.36. The standard InChI is InChI=1S/2C19H24O2.C18H21FO2.C18H22O3.C18H22O2.C17H20O2/c1-5-21-19-13-16(9-11-18(19)20-4)8-10-17-12-14(2)6-7-15(17)3;1-5-21-19-13-17(10-11-18(19)20-4)9-8-16-7-6-14(2)15(3)12-16;1-4-21-18-12-14(6-10-17(18)20-3)5-7-15-8-9-16(19)11-13(15)2;1-13-8-11-16(19-2)15(12-13)10-9-14-6-5-7-17(20-3)18(14)21-4;1-13-5-6-14(2)16(11-13)9-7-15-8-10-17(19-3)18(12-15)20-4;1-3-19-17-13-15(11-12-16(17)18-2)10-9-14-7-5-4-6-8-14/h6-7,9,11-13H,5,8,10H2,1-4H3;6-7,10-13H,5,8-9H2,1-4H3;6,8-12H,4-5,7H2,1-3H3;5-8,11-12H,9-10H2,1-4H3;5-6,8,10-12H,7,9H2,1-4H3;4-8,11-13H,3,9-10H2,1-2H3. The van der Waals surface area contributed by atoms with Crippen molar-refractivity contribution in [1.82, 2.24) is 0 Å². The lowest BCUT2D eigenvalue weighted by atomic mass is 9.98. The minimum absolute atomic E-state index is 0.181. The quantitative estimate of drug-likeness (QED) is 0.0375. The summed E-state index contributed by atoms with van der Waals surface area (Å²) in [4.78, 5) is 0. The smallest absolute Gasteiger partial charge is 0.163 e. The van der Waals surface area contributed by atoms with Gasteiger partial charge in [-0.3, -0.25) is 0 Å². The second kappa shape index (κ2) is 53.0. The maximum absolute atomic E-state index is 13.1. The lowest BCUT2D eigenvalue weighted by Gasteiger charge is -2.14. The SMILES string of the molecule is CCOc1cc(CCc2cc(C)ccc2C)ccc1OC.CCOc1cc(CCc2ccc(C)c(C)c2)ccc1OC.CCOc1cc(CCc2ccc(F)cc2C)ccc1OC.CCOc1cc(CCc2ccccc2)ccc1OC.COc1ccc(C)cc1CCc1cccc(OC)c1OC.COc1ccc(CCc2cc(C)ccc2C)cc1OC. The molecular formula is C109H133FO13. The molecule has 0 heterocycles. The van der Waals surface area contributed by atoms with Crippen LogP contribution in [0.5, 0.6) is 74.7 Å². The van der Waals surface area contributed by atoms with Gasteiger partial charge < -0.3 is 61.6 Å². The molecule has 0 spiro atoms. The molecule has 0 amide bonds. The highest BCUT2D eigenvalue weighted by Gasteiger charge is 2.15. The third-order valence-electron chi connectivity index (χ3n) is 21.3. The van der Waals surface area contributed by atoms with E-state index in [2.05, 4.69) is 194 Å². The van der Waals surface area contributed by atoms with Crippen molar-refractivity contribution in [3.05, 3.63) is 348 Å². The number of halogens is 1. The van der Waals surface area contributed by atoms with E-state index in [0.29, 0.717) is 26.4 Å². The molecule has 14 heteroatoms. The number of hydrogen-bond acceptors (Lipinski definition) is 13. The molecule has 0 atom stereocenters. The van der Waals surface area contributed by atoms with Gasteiger partial charge in [-0.2, -0.15) is 0 Å². The molecule has 12 aromatic carbocycles. The van der Waals surface area contributed by atoms with Crippen molar-refractivity contribution in [2.24, 2.45) is 0 Å². The Bertz CT molecular complexity index is 5170. The summed E-state index contributed by atoms with van der Waals surface area (Å²) in [5, 5.41) is 0. The van der Waals surface area contributed by atoms with Crippen LogP contribution < -0.4 is 61.6 Å². The van der Waals surface area contributed by atoms with Crippen molar-refractivity contribution in [2.45, 2.75) is 160 Å². The average molecular weight is 1670 g/mol. The summed E-state index contributed by atoms with van der Waals surface area (Å²) in [7, 11) is 15.0. The van der Waals surface area contributed by atoms with Crippen molar-refractivity contribution in [3.63, 3.8) is 0 Å². The fourth-order valence-corrected chi connectivity index (χ4v) is 14.2. The Hall–Kier alpha value is -12.0. The topological polar surface area (TPSA) is 120 Å². The monoisotopic (exact) mass is 1670 g/mol. The molecule has 0 saturated heterocycles. The van der Waals surface area contributed by atoms with E-state index in [4.69, 9.17) is 61.6 Å². The van der Waals surface area contributed by atoms with E-state index in [9.17, 15) is 4.39 Å². The van der Waals surface area contributed by atoms with E-state index in [-0.39, 0.29) is 5.82 Å². The Morgan fingerprint density at radius 2 is 0.520 bits per heavy atom. The molecule has 0 aliphatic heterocycles. The summed E-state index contributed by atoms with van der Waals surface area (Å²) in [6.07, 6.45) is 11.7. The molecule has 0 aliphatic rings. The Labute approximate surface area is 734 Å². The van der Waals surface area contributed by atoms with Gasteiger partial charge in [0.2, 0.25) is 0 Å². The van der Waals surface area contributed by atoms with Gasteiger partial charge in [0.05, 0.1) is 90.4 Å². The highest BCUT2D eigenvalue weighted by molar-refractivity contribution is 5.50. The van der Waals surface area contributed by atoms with Gasteiger partial charge in [0.25, 0.3) is 0 Å². The summed E-state index contributed by atoms with van der Waals surface area (Å²) >= 11 is 0. The van der Waals surface area contributed by atoms with Crippen molar-refractivity contribution in [3.8, 4) is 74.7 Å². The number of rotatable bonds is 35. The minimum atomic E-state index is -0.181. The van der Waals surface area contributed by atoms with Crippen LogP contribution in [0.25, 0.3) is 0 Å². The minimum Gasteiger partial charge on any atom is -0.496 e. The second-order valence-corrected chi connectivity index (χ2v) is 30.2. The van der Waals surface area contributed by atoms with Crippen LogP contribution in [0.3, 0.4) is 0 Å². The molecule has 0 unspecified atom stereocenters. The van der Waals surface area contributed by atoms with Gasteiger partial charge in [-0.1, -0.05) is 162 Å². The molecule has 0 bridgehead atoms. The zero-order valence-electron chi connectivity index (χ0n) is 76.9. The Kier molecular flexibility index (Phi) is 42.3. The summed E-state index contributed by atoms with van der Waals surface area (Å²) < 4.78 is 83.6. The molecule has 13 nitrogen and oxygen atoms in total. The molecule has 0 aromatic heterocycles. The second-order valence-electron chi connectivity index (χ2n) is 30.2. The maximum Gasteiger partial charge on any atom is 0.163 e. The van der Waals surface area contributed by atoms with Crippen LogP contribution in [0.4, 0.5) is 4.39 Å². The van der Waals surface area contributed by atoms with Crippen molar-refractivity contribution in [2.75, 3.05) is 90.4 Å². The zero-order chi connectivity index (χ0) is 89.0. The van der Waals surface area contributed by atoms with E-state index in [1.807, 2.05) is 107 Å². The van der Waals surface area contributed by atoms with Crippen molar-refractivity contribution < 1.29 is 66.0 Å². The van der Waals surface area contributed by atoms with Gasteiger partial charge in [0.15, 0.2) is 69.0 Å². The van der Waals surface area contributed by atoms with E-state index >= 15 is 0 Å². The maximum atomic E-state index is 13.1. The van der Waals surface area contributed by atoms with E-state index < -0.39 is 0 Å². The van der Waals surface area contributed by atoms with Crippen LogP contribution in [0.1, 0.15) is 139 Å². The van der Waals surface area contributed by atoms with Gasteiger partial charge in [-0.25, -0.2) is 4.39 Å². The van der Waals surface area contributed by atoms with Crippen molar-refractivity contribution in [1.29, 1.82) is 0 Å².